The van der Waals surface area contributed by atoms with Crippen molar-refractivity contribution in [2.75, 3.05) is 0 Å². The highest BCUT2D eigenvalue weighted by Gasteiger charge is 2.19. The molecule has 21 heavy (non-hydrogen) atoms. The van der Waals surface area contributed by atoms with E-state index in [-0.39, 0.29) is 6.54 Å². The summed E-state index contributed by atoms with van der Waals surface area (Å²) in [5, 5.41) is 0. The van der Waals surface area contributed by atoms with Crippen molar-refractivity contribution in [3.63, 3.8) is 0 Å². The molecule has 7 heteroatoms. The number of nitrogens with one attached hydrogen (secondary N) is 2. The van der Waals surface area contributed by atoms with Crippen LogP contribution in [0.15, 0.2) is 16.3 Å². The van der Waals surface area contributed by atoms with Crippen molar-refractivity contribution in [2.45, 2.75) is 49.8 Å². The molecule has 0 aliphatic heterocycles. The number of aryl methyl sites for hydroxylation is 3. The maximum atomic E-state index is 12.2. The van der Waals surface area contributed by atoms with Gasteiger partial charge in [-0.25, -0.2) is 18.1 Å². The van der Waals surface area contributed by atoms with E-state index in [1.807, 2.05) is 13.0 Å². The molecule has 1 aliphatic carbocycles. The number of hydrogen-bond donors (Lipinski definition) is 2. The number of imidazole rings is 1. The maximum absolute atomic E-state index is 12.2. The number of sulfonamides is 1. The average Bonchev–Trinajstić information content (AvgIpc) is 3.11. The van der Waals surface area contributed by atoms with Crippen LogP contribution < -0.4 is 4.72 Å². The molecule has 0 spiro atoms. The van der Waals surface area contributed by atoms with E-state index in [9.17, 15) is 8.42 Å². The van der Waals surface area contributed by atoms with Crippen molar-refractivity contribution in [1.29, 1.82) is 0 Å². The van der Waals surface area contributed by atoms with Gasteiger partial charge in [0.25, 0.3) is 0 Å². The van der Waals surface area contributed by atoms with Gasteiger partial charge in [-0.05, 0) is 44.2 Å². The number of nitrogens with zero attached hydrogens (tertiary/aromatic N) is 1. The van der Waals surface area contributed by atoms with Crippen LogP contribution in [0, 0.1) is 0 Å². The third-order valence-electron chi connectivity index (χ3n) is 3.68. The summed E-state index contributed by atoms with van der Waals surface area (Å²) in [5.74, 6) is 0.706. The standard InChI is InChI=1S/C14H19N3O2S2/c1-2-10-7-8-14(20-10)21(18,19)15-9-13-16-11-5-3-4-6-12(11)17-13/h7-8,15H,2-6,9H2,1H3,(H,16,17). The SMILES string of the molecule is CCc1ccc(S(=O)(=O)NCc2nc3c([nH]2)CCCC3)s1. The van der Waals surface area contributed by atoms with E-state index in [1.54, 1.807) is 6.07 Å². The van der Waals surface area contributed by atoms with Crippen molar-refractivity contribution < 1.29 is 8.42 Å². The molecule has 0 aromatic carbocycles. The Hall–Kier alpha value is -1.18. The van der Waals surface area contributed by atoms with Crippen LogP contribution in [0.1, 0.15) is 41.9 Å². The van der Waals surface area contributed by atoms with Gasteiger partial charge in [0.15, 0.2) is 0 Å². The van der Waals surface area contributed by atoms with E-state index in [2.05, 4.69) is 14.7 Å². The lowest BCUT2D eigenvalue weighted by atomic mass is 10.0. The van der Waals surface area contributed by atoms with Crippen molar-refractivity contribution in [3.8, 4) is 0 Å². The summed E-state index contributed by atoms with van der Waals surface area (Å²) in [6, 6.07) is 3.53. The van der Waals surface area contributed by atoms with Crippen LogP contribution >= 0.6 is 11.3 Å². The van der Waals surface area contributed by atoms with Crippen LogP contribution in [0.2, 0.25) is 0 Å². The van der Waals surface area contributed by atoms with Crippen LogP contribution in [0.25, 0.3) is 0 Å². The minimum atomic E-state index is -3.44. The summed E-state index contributed by atoms with van der Waals surface area (Å²) >= 11 is 1.32. The molecular formula is C14H19N3O2S2. The van der Waals surface area contributed by atoms with E-state index < -0.39 is 10.0 Å². The van der Waals surface area contributed by atoms with E-state index >= 15 is 0 Å². The fraction of sp³-hybridized carbons (Fsp3) is 0.500. The van der Waals surface area contributed by atoms with E-state index in [1.165, 1.54) is 23.5 Å². The number of fused-ring (bicyclic) bond motifs is 1. The second-order valence-electron chi connectivity index (χ2n) is 5.21. The van der Waals surface area contributed by atoms with Gasteiger partial charge in [0.05, 0.1) is 12.2 Å². The number of hydrogen-bond acceptors (Lipinski definition) is 4. The first-order valence-corrected chi connectivity index (χ1v) is 9.53. The molecule has 2 heterocycles. The number of H-pyrrole nitrogens is 1. The van der Waals surface area contributed by atoms with E-state index in [0.717, 1.165) is 36.3 Å². The van der Waals surface area contributed by atoms with Crippen molar-refractivity contribution >= 4 is 21.4 Å². The van der Waals surface area contributed by atoms with Crippen LogP contribution in [-0.2, 0) is 35.8 Å². The molecule has 2 N–H and O–H groups in total. The molecule has 2 aromatic rings. The Labute approximate surface area is 128 Å². The van der Waals surface area contributed by atoms with Gasteiger partial charge < -0.3 is 4.98 Å². The molecule has 0 unspecified atom stereocenters. The summed E-state index contributed by atoms with van der Waals surface area (Å²) in [4.78, 5) is 8.80. The summed E-state index contributed by atoms with van der Waals surface area (Å²) in [5.41, 5.74) is 2.26. The minimum absolute atomic E-state index is 0.217. The van der Waals surface area contributed by atoms with Gasteiger partial charge in [-0.1, -0.05) is 6.92 Å². The van der Waals surface area contributed by atoms with Crippen molar-refractivity contribution in [1.82, 2.24) is 14.7 Å². The minimum Gasteiger partial charge on any atom is -0.345 e. The summed E-state index contributed by atoms with van der Waals surface area (Å²) in [7, 11) is -3.44. The van der Waals surface area contributed by atoms with Crippen LogP contribution in [0.3, 0.4) is 0 Å². The molecular weight excluding hydrogens is 306 g/mol. The monoisotopic (exact) mass is 325 g/mol. The number of aromatic nitrogens is 2. The Morgan fingerprint density at radius 3 is 2.86 bits per heavy atom. The van der Waals surface area contributed by atoms with Gasteiger partial charge in [0.1, 0.15) is 10.0 Å². The maximum Gasteiger partial charge on any atom is 0.250 e. The second-order valence-corrected chi connectivity index (χ2v) is 8.38. The number of rotatable bonds is 5. The van der Waals surface area contributed by atoms with Gasteiger partial charge >= 0.3 is 0 Å². The molecule has 2 aromatic heterocycles. The van der Waals surface area contributed by atoms with Crippen LogP contribution in [0.4, 0.5) is 0 Å². The highest BCUT2D eigenvalue weighted by molar-refractivity contribution is 7.91. The topological polar surface area (TPSA) is 74.8 Å². The Balaban J connectivity index is 1.70. The lowest BCUT2D eigenvalue weighted by Crippen LogP contribution is -2.23. The number of thiophene rings is 1. The molecule has 5 nitrogen and oxygen atoms in total. The lowest BCUT2D eigenvalue weighted by molar-refractivity contribution is 0.581. The first-order valence-electron chi connectivity index (χ1n) is 7.23. The second kappa shape index (κ2) is 5.90. The highest BCUT2D eigenvalue weighted by atomic mass is 32.2. The first kappa shape index (κ1) is 14.7. The van der Waals surface area contributed by atoms with Gasteiger partial charge in [-0.3, -0.25) is 0 Å². The zero-order valence-corrected chi connectivity index (χ0v) is 13.6. The third-order valence-corrected chi connectivity index (χ3v) is 6.81. The molecule has 1 aliphatic rings. The zero-order valence-electron chi connectivity index (χ0n) is 12.0. The van der Waals surface area contributed by atoms with Crippen molar-refractivity contribution in [3.05, 3.63) is 34.2 Å². The van der Waals surface area contributed by atoms with Crippen LogP contribution in [-0.4, -0.2) is 18.4 Å². The van der Waals surface area contributed by atoms with E-state index in [4.69, 9.17) is 0 Å². The van der Waals surface area contributed by atoms with Gasteiger partial charge in [0.2, 0.25) is 10.0 Å². The van der Waals surface area contributed by atoms with Gasteiger partial charge in [-0.2, -0.15) is 0 Å². The lowest BCUT2D eigenvalue weighted by Gasteiger charge is -2.07. The largest absolute Gasteiger partial charge is 0.345 e. The zero-order chi connectivity index (χ0) is 14.9. The van der Waals surface area contributed by atoms with Crippen molar-refractivity contribution in [2.24, 2.45) is 0 Å². The third kappa shape index (κ3) is 3.20. The normalized spacial score (nSPS) is 15.1. The molecule has 0 atom stereocenters. The molecule has 0 radical (unpaired) electrons. The summed E-state index contributed by atoms with van der Waals surface area (Å²) < 4.78 is 27.5. The molecule has 114 valence electrons. The molecule has 3 rings (SSSR count). The molecule has 0 fully saturated rings. The average molecular weight is 325 g/mol. The van der Waals surface area contributed by atoms with Crippen LogP contribution in [0.5, 0.6) is 0 Å². The Bertz CT molecular complexity index is 708. The predicted molar refractivity (Wildman–Crippen MR) is 83.0 cm³/mol. The summed E-state index contributed by atoms with van der Waals surface area (Å²) in [6.45, 7) is 2.23. The Morgan fingerprint density at radius 2 is 2.14 bits per heavy atom. The molecule has 0 bridgehead atoms. The Kier molecular flexibility index (Phi) is 4.14. The molecule has 0 saturated carbocycles. The Morgan fingerprint density at radius 1 is 1.33 bits per heavy atom. The smallest absolute Gasteiger partial charge is 0.250 e. The molecule has 0 amide bonds. The fourth-order valence-corrected chi connectivity index (χ4v) is 4.85. The fourth-order valence-electron chi connectivity index (χ4n) is 2.52. The number of aromatic amines is 1. The van der Waals surface area contributed by atoms with Gasteiger partial charge in [-0.15, -0.1) is 11.3 Å². The quantitative estimate of drug-likeness (QED) is 0.886. The van der Waals surface area contributed by atoms with E-state index in [0.29, 0.717) is 10.0 Å². The van der Waals surface area contributed by atoms with Gasteiger partial charge in [0, 0.05) is 10.6 Å². The summed E-state index contributed by atoms with van der Waals surface area (Å²) in [6.07, 6.45) is 5.20. The predicted octanol–water partition coefficient (Wildman–Crippen LogP) is 2.39. The first-order chi connectivity index (χ1) is 10.1. The highest BCUT2D eigenvalue weighted by Crippen LogP contribution is 2.22. The molecule has 0 saturated heterocycles.